The summed E-state index contributed by atoms with van der Waals surface area (Å²) in [5, 5.41) is 6.24. The van der Waals surface area contributed by atoms with Gasteiger partial charge < -0.3 is 15.4 Å². The molecule has 4 heterocycles. The standard InChI is InChI=1S/C21H21N3O4S2/c25-19-12-28-21(13-24-19)7-9-22-11-18(21)30(26,27)20-6-5-17(29-20)15-4-3-14-2-1-8-23-16(14)10-15/h1-6,8,10,18,22H,7,9,11-13H2,(H,24,25). The van der Waals surface area contributed by atoms with Crippen LogP contribution in [-0.2, 0) is 19.4 Å². The van der Waals surface area contributed by atoms with E-state index in [4.69, 9.17) is 4.74 Å². The molecule has 156 valence electrons. The third-order valence-electron chi connectivity index (χ3n) is 5.84. The maximum atomic E-state index is 13.6. The number of thiophene rings is 1. The average Bonchev–Trinajstić information content (AvgIpc) is 3.27. The molecule has 7 nitrogen and oxygen atoms in total. The van der Waals surface area contributed by atoms with Gasteiger partial charge in [0.05, 0.1) is 5.52 Å². The molecule has 2 aliphatic heterocycles. The number of amides is 1. The maximum Gasteiger partial charge on any atom is 0.246 e. The Hall–Kier alpha value is -2.33. The van der Waals surface area contributed by atoms with Crippen LogP contribution in [0.5, 0.6) is 0 Å². The summed E-state index contributed by atoms with van der Waals surface area (Å²) < 4.78 is 33.3. The summed E-state index contributed by atoms with van der Waals surface area (Å²) in [6, 6.07) is 13.3. The van der Waals surface area contributed by atoms with Crippen LogP contribution in [0.2, 0.25) is 0 Å². The van der Waals surface area contributed by atoms with Crippen molar-refractivity contribution in [2.45, 2.75) is 21.5 Å². The van der Waals surface area contributed by atoms with E-state index >= 15 is 0 Å². The molecule has 30 heavy (non-hydrogen) atoms. The predicted molar refractivity (Wildman–Crippen MR) is 115 cm³/mol. The number of fused-ring (bicyclic) bond motifs is 1. The van der Waals surface area contributed by atoms with Gasteiger partial charge in [0.2, 0.25) is 5.91 Å². The van der Waals surface area contributed by atoms with Crippen LogP contribution in [-0.4, -0.2) is 56.4 Å². The Bertz CT molecular complexity index is 1210. The zero-order valence-corrected chi connectivity index (χ0v) is 17.8. The first-order chi connectivity index (χ1) is 14.5. The molecular weight excluding hydrogens is 422 g/mol. The largest absolute Gasteiger partial charge is 0.362 e. The molecule has 1 amide bonds. The van der Waals surface area contributed by atoms with E-state index < -0.39 is 20.7 Å². The van der Waals surface area contributed by atoms with E-state index in [1.807, 2.05) is 36.4 Å². The van der Waals surface area contributed by atoms with Crippen molar-refractivity contribution in [3.8, 4) is 10.4 Å². The van der Waals surface area contributed by atoms with Crippen LogP contribution < -0.4 is 10.6 Å². The fourth-order valence-electron chi connectivity index (χ4n) is 4.19. The first-order valence-electron chi connectivity index (χ1n) is 9.78. The zero-order valence-electron chi connectivity index (χ0n) is 16.1. The third-order valence-corrected chi connectivity index (χ3v) is 9.76. The molecule has 0 aliphatic carbocycles. The molecule has 1 aromatic carbocycles. The molecule has 2 fully saturated rings. The Balaban J connectivity index is 1.48. The van der Waals surface area contributed by atoms with Gasteiger partial charge in [0.1, 0.15) is 21.7 Å². The molecule has 1 spiro atoms. The van der Waals surface area contributed by atoms with Crippen molar-refractivity contribution in [2.24, 2.45) is 0 Å². The number of ether oxygens (including phenoxy) is 1. The molecular formula is C21H21N3O4S2. The van der Waals surface area contributed by atoms with E-state index in [1.54, 1.807) is 12.3 Å². The number of pyridine rings is 1. The summed E-state index contributed by atoms with van der Waals surface area (Å²) in [5.74, 6) is -0.210. The number of hydrogen-bond acceptors (Lipinski definition) is 7. The molecule has 3 aromatic rings. The maximum absolute atomic E-state index is 13.6. The minimum absolute atomic E-state index is 0.105. The third kappa shape index (κ3) is 3.31. The Kier molecular flexibility index (Phi) is 4.85. The van der Waals surface area contributed by atoms with Gasteiger partial charge in [-0.25, -0.2) is 8.42 Å². The Labute approximate surface area is 178 Å². The Morgan fingerprint density at radius 3 is 2.93 bits per heavy atom. The van der Waals surface area contributed by atoms with Crippen LogP contribution in [0.15, 0.2) is 52.9 Å². The van der Waals surface area contributed by atoms with Gasteiger partial charge in [-0.2, -0.15) is 0 Å². The highest BCUT2D eigenvalue weighted by atomic mass is 32.2. The van der Waals surface area contributed by atoms with Crippen molar-refractivity contribution < 1.29 is 17.9 Å². The van der Waals surface area contributed by atoms with Crippen LogP contribution in [0.3, 0.4) is 0 Å². The van der Waals surface area contributed by atoms with Crippen molar-refractivity contribution >= 4 is 38.0 Å². The van der Waals surface area contributed by atoms with E-state index in [0.29, 0.717) is 23.7 Å². The monoisotopic (exact) mass is 443 g/mol. The normalized spacial score (nSPS) is 24.8. The van der Waals surface area contributed by atoms with Gasteiger partial charge in [0.15, 0.2) is 9.84 Å². The van der Waals surface area contributed by atoms with Crippen LogP contribution in [0, 0.1) is 0 Å². The lowest BCUT2D eigenvalue weighted by molar-refractivity contribution is -0.146. The van der Waals surface area contributed by atoms with Gasteiger partial charge in [-0.1, -0.05) is 18.2 Å². The molecule has 2 unspecified atom stereocenters. The number of hydrogen-bond donors (Lipinski definition) is 2. The fourth-order valence-corrected chi connectivity index (χ4v) is 7.71. The Morgan fingerprint density at radius 2 is 2.10 bits per heavy atom. The quantitative estimate of drug-likeness (QED) is 0.643. The summed E-state index contributed by atoms with van der Waals surface area (Å²) >= 11 is 1.26. The van der Waals surface area contributed by atoms with Crippen LogP contribution in [0.4, 0.5) is 0 Å². The molecule has 0 saturated carbocycles. The van der Waals surface area contributed by atoms with Crippen LogP contribution in [0.1, 0.15) is 6.42 Å². The van der Waals surface area contributed by atoms with Crippen molar-refractivity contribution in [3.05, 3.63) is 48.7 Å². The number of rotatable bonds is 3. The van der Waals surface area contributed by atoms with Gasteiger partial charge in [0.25, 0.3) is 0 Å². The smallest absolute Gasteiger partial charge is 0.246 e. The Morgan fingerprint density at radius 1 is 1.20 bits per heavy atom. The summed E-state index contributed by atoms with van der Waals surface area (Å²) in [4.78, 5) is 16.8. The molecule has 2 N–H and O–H groups in total. The first kappa shape index (κ1) is 19.6. The SMILES string of the molecule is O=C1COC2(CCNCC2S(=O)(=O)c2ccc(-c3ccc4cccnc4c3)s2)CN1. The van der Waals surface area contributed by atoms with E-state index in [2.05, 4.69) is 15.6 Å². The summed E-state index contributed by atoms with van der Waals surface area (Å²) in [6.45, 7) is 1.06. The molecule has 2 aromatic heterocycles. The molecule has 0 bridgehead atoms. The molecule has 9 heteroatoms. The number of carbonyl (C=O) groups excluding carboxylic acids is 1. The number of benzene rings is 1. The number of carbonyl (C=O) groups is 1. The van der Waals surface area contributed by atoms with Gasteiger partial charge in [0, 0.05) is 29.5 Å². The number of morpholine rings is 1. The molecule has 2 aliphatic rings. The number of aromatic nitrogens is 1. The van der Waals surface area contributed by atoms with E-state index in [-0.39, 0.29) is 19.1 Å². The van der Waals surface area contributed by atoms with Gasteiger partial charge in [-0.15, -0.1) is 11.3 Å². The lowest BCUT2D eigenvalue weighted by Gasteiger charge is -2.45. The van der Waals surface area contributed by atoms with E-state index in [0.717, 1.165) is 21.3 Å². The van der Waals surface area contributed by atoms with Crippen molar-refractivity contribution in [2.75, 3.05) is 26.2 Å². The van der Waals surface area contributed by atoms with Gasteiger partial charge in [-0.3, -0.25) is 9.78 Å². The molecule has 5 rings (SSSR count). The summed E-state index contributed by atoms with van der Waals surface area (Å²) in [7, 11) is -3.65. The second-order valence-electron chi connectivity index (χ2n) is 7.65. The summed E-state index contributed by atoms with van der Waals surface area (Å²) in [5.41, 5.74) is 0.912. The predicted octanol–water partition coefficient (Wildman–Crippen LogP) is 1.98. The van der Waals surface area contributed by atoms with Gasteiger partial charge in [-0.05, 0) is 42.8 Å². The second-order valence-corrected chi connectivity index (χ2v) is 11.1. The fraction of sp³-hybridized carbons (Fsp3) is 0.333. The first-order valence-corrected chi connectivity index (χ1v) is 12.1. The summed E-state index contributed by atoms with van der Waals surface area (Å²) in [6.07, 6.45) is 2.28. The number of sulfone groups is 1. The molecule has 2 atom stereocenters. The minimum atomic E-state index is -3.65. The van der Waals surface area contributed by atoms with E-state index in [1.165, 1.54) is 11.3 Å². The van der Waals surface area contributed by atoms with Crippen LogP contribution in [0.25, 0.3) is 21.3 Å². The molecule has 0 radical (unpaired) electrons. The highest BCUT2D eigenvalue weighted by Gasteiger charge is 2.51. The van der Waals surface area contributed by atoms with Gasteiger partial charge >= 0.3 is 0 Å². The lowest BCUT2D eigenvalue weighted by atomic mass is 9.90. The highest BCUT2D eigenvalue weighted by molar-refractivity contribution is 7.94. The topological polar surface area (TPSA) is 97.4 Å². The number of nitrogens with zero attached hydrogens (tertiary/aromatic N) is 1. The zero-order chi connectivity index (χ0) is 20.8. The highest BCUT2D eigenvalue weighted by Crippen LogP contribution is 2.38. The average molecular weight is 444 g/mol. The van der Waals surface area contributed by atoms with Crippen molar-refractivity contribution in [3.63, 3.8) is 0 Å². The number of piperidine rings is 1. The van der Waals surface area contributed by atoms with Crippen molar-refractivity contribution in [1.82, 2.24) is 15.6 Å². The number of nitrogens with one attached hydrogen (secondary N) is 2. The van der Waals surface area contributed by atoms with Crippen molar-refractivity contribution in [1.29, 1.82) is 0 Å². The van der Waals surface area contributed by atoms with Crippen LogP contribution >= 0.6 is 11.3 Å². The lowest BCUT2D eigenvalue weighted by Crippen LogP contribution is -2.66. The van der Waals surface area contributed by atoms with E-state index in [9.17, 15) is 13.2 Å². The minimum Gasteiger partial charge on any atom is -0.362 e. The second kappa shape index (κ2) is 7.42. The molecule has 2 saturated heterocycles.